The molecule has 0 bridgehead atoms. The number of phenols is 1. The number of hydrogen-bond donors (Lipinski definition) is 2. The maximum Gasteiger partial charge on any atom is 0.200 e. The molecular formula is C15H22Cl2F2N2O. The summed E-state index contributed by atoms with van der Waals surface area (Å²) in [7, 11) is 0. The van der Waals surface area contributed by atoms with E-state index in [4.69, 9.17) is 0 Å². The van der Waals surface area contributed by atoms with Crippen LogP contribution in [-0.2, 0) is 0 Å². The van der Waals surface area contributed by atoms with Gasteiger partial charge in [0.1, 0.15) is 0 Å². The van der Waals surface area contributed by atoms with Crippen LogP contribution in [0.5, 0.6) is 5.75 Å². The SMILES string of the molecule is C=C(C)C[C@H](c1ccc(F)c(F)c1O)N1CCNCC1.Cl.Cl. The minimum atomic E-state index is -1.18. The lowest BCUT2D eigenvalue weighted by Crippen LogP contribution is -2.45. The van der Waals surface area contributed by atoms with Crippen molar-refractivity contribution in [3.63, 3.8) is 0 Å². The van der Waals surface area contributed by atoms with Gasteiger partial charge >= 0.3 is 0 Å². The van der Waals surface area contributed by atoms with Gasteiger partial charge in [0.05, 0.1) is 0 Å². The molecule has 3 nitrogen and oxygen atoms in total. The summed E-state index contributed by atoms with van der Waals surface area (Å²) in [5, 5.41) is 13.2. The Morgan fingerprint density at radius 2 is 1.91 bits per heavy atom. The molecule has 1 saturated heterocycles. The number of phenolic OH excluding ortho intramolecular Hbond substituents is 1. The fourth-order valence-electron chi connectivity index (χ4n) is 2.58. The van der Waals surface area contributed by atoms with E-state index in [1.54, 1.807) is 0 Å². The van der Waals surface area contributed by atoms with Gasteiger partial charge in [-0.1, -0.05) is 11.6 Å². The zero-order valence-corrected chi connectivity index (χ0v) is 14.1. The van der Waals surface area contributed by atoms with E-state index in [0.717, 1.165) is 37.8 Å². The first-order chi connectivity index (χ1) is 9.50. The van der Waals surface area contributed by atoms with E-state index >= 15 is 0 Å². The molecule has 0 spiro atoms. The van der Waals surface area contributed by atoms with Gasteiger partial charge in [-0.2, -0.15) is 4.39 Å². The summed E-state index contributed by atoms with van der Waals surface area (Å²) in [5.41, 5.74) is 1.37. The molecule has 0 unspecified atom stereocenters. The van der Waals surface area contributed by atoms with Crippen LogP contribution in [0.15, 0.2) is 24.3 Å². The lowest BCUT2D eigenvalue weighted by molar-refractivity contribution is 0.169. The van der Waals surface area contributed by atoms with E-state index in [9.17, 15) is 13.9 Å². The van der Waals surface area contributed by atoms with E-state index in [0.29, 0.717) is 12.0 Å². The van der Waals surface area contributed by atoms with Gasteiger partial charge in [-0.25, -0.2) is 4.39 Å². The number of halogens is 4. The van der Waals surface area contributed by atoms with E-state index in [2.05, 4.69) is 16.8 Å². The zero-order valence-electron chi connectivity index (χ0n) is 12.4. The van der Waals surface area contributed by atoms with Crippen molar-refractivity contribution < 1.29 is 13.9 Å². The van der Waals surface area contributed by atoms with Gasteiger partial charge in [-0.05, 0) is 19.4 Å². The van der Waals surface area contributed by atoms with Crippen molar-refractivity contribution in [2.24, 2.45) is 0 Å². The maximum absolute atomic E-state index is 13.6. The van der Waals surface area contributed by atoms with Crippen LogP contribution in [0.25, 0.3) is 0 Å². The number of hydrogen-bond acceptors (Lipinski definition) is 3. The van der Waals surface area contributed by atoms with Crippen LogP contribution in [0, 0.1) is 11.6 Å². The molecule has 0 saturated carbocycles. The molecule has 1 fully saturated rings. The normalized spacial score (nSPS) is 16.3. The third kappa shape index (κ3) is 4.81. The number of rotatable bonds is 4. The zero-order chi connectivity index (χ0) is 14.7. The minimum Gasteiger partial charge on any atom is -0.505 e. The summed E-state index contributed by atoms with van der Waals surface area (Å²) in [6.45, 7) is 9.08. The van der Waals surface area contributed by atoms with Crippen LogP contribution in [0.2, 0.25) is 0 Å². The summed E-state index contributed by atoms with van der Waals surface area (Å²) in [6, 6.07) is 2.35. The van der Waals surface area contributed by atoms with Crippen molar-refractivity contribution in [2.75, 3.05) is 26.2 Å². The van der Waals surface area contributed by atoms with Crippen LogP contribution in [0.1, 0.15) is 24.9 Å². The Morgan fingerprint density at radius 1 is 1.32 bits per heavy atom. The van der Waals surface area contributed by atoms with Gasteiger partial charge in [-0.3, -0.25) is 4.90 Å². The second kappa shape index (κ2) is 9.30. The first-order valence-corrected chi connectivity index (χ1v) is 6.76. The van der Waals surface area contributed by atoms with Gasteiger partial charge in [0.15, 0.2) is 11.6 Å². The third-order valence-electron chi connectivity index (χ3n) is 3.59. The van der Waals surface area contributed by atoms with Crippen molar-refractivity contribution in [1.82, 2.24) is 10.2 Å². The van der Waals surface area contributed by atoms with Gasteiger partial charge in [-0.15, -0.1) is 31.4 Å². The Morgan fingerprint density at radius 3 is 2.45 bits per heavy atom. The molecule has 2 N–H and O–H groups in total. The smallest absolute Gasteiger partial charge is 0.200 e. The van der Waals surface area contributed by atoms with Crippen LogP contribution in [0.4, 0.5) is 8.78 Å². The molecule has 1 aliphatic heterocycles. The minimum absolute atomic E-state index is 0. The molecule has 0 aromatic heterocycles. The van der Waals surface area contributed by atoms with Crippen molar-refractivity contribution in [3.8, 4) is 5.75 Å². The third-order valence-corrected chi connectivity index (χ3v) is 3.59. The van der Waals surface area contributed by atoms with Crippen molar-refractivity contribution in [3.05, 3.63) is 41.5 Å². The number of nitrogens with one attached hydrogen (secondary N) is 1. The summed E-state index contributed by atoms with van der Waals surface area (Å²) in [5.74, 6) is -2.79. The average molecular weight is 355 g/mol. The molecule has 0 aliphatic carbocycles. The van der Waals surface area contributed by atoms with Crippen LogP contribution in [-0.4, -0.2) is 36.2 Å². The highest BCUT2D eigenvalue weighted by atomic mass is 35.5. The van der Waals surface area contributed by atoms with Gasteiger partial charge in [0.25, 0.3) is 0 Å². The van der Waals surface area contributed by atoms with E-state index in [1.165, 1.54) is 6.07 Å². The molecule has 2 rings (SSSR count). The topological polar surface area (TPSA) is 35.5 Å². The van der Waals surface area contributed by atoms with E-state index < -0.39 is 17.4 Å². The van der Waals surface area contributed by atoms with Crippen molar-refractivity contribution >= 4 is 24.8 Å². The standard InChI is InChI=1S/C15H20F2N2O.2ClH/c1-10(2)9-13(19-7-5-18-6-8-19)11-3-4-12(16)14(17)15(11)20;;/h3-4,13,18,20H,1,5-9H2,2H3;2*1H/t13-;;/m1../s1. The fourth-order valence-corrected chi connectivity index (χ4v) is 2.58. The Labute approximate surface area is 142 Å². The molecule has 1 heterocycles. The predicted molar refractivity (Wildman–Crippen MR) is 89.1 cm³/mol. The highest BCUT2D eigenvalue weighted by Gasteiger charge is 2.26. The van der Waals surface area contributed by atoms with E-state index in [-0.39, 0.29) is 30.9 Å². The number of nitrogens with zero attached hydrogens (tertiary/aromatic N) is 1. The molecule has 126 valence electrons. The molecule has 1 aromatic carbocycles. The summed E-state index contributed by atoms with van der Waals surface area (Å²) in [4.78, 5) is 2.16. The monoisotopic (exact) mass is 354 g/mol. The predicted octanol–water partition coefficient (Wildman–Crippen LogP) is 3.43. The highest BCUT2D eigenvalue weighted by Crippen LogP contribution is 2.35. The Hall–Kier alpha value is -0.880. The number of aromatic hydroxyl groups is 1. The summed E-state index contributed by atoms with van der Waals surface area (Å²) < 4.78 is 26.7. The molecule has 0 amide bonds. The lowest BCUT2D eigenvalue weighted by Gasteiger charge is -2.35. The van der Waals surface area contributed by atoms with Gasteiger partial charge < -0.3 is 10.4 Å². The maximum atomic E-state index is 13.6. The second-order valence-corrected chi connectivity index (χ2v) is 5.26. The van der Waals surface area contributed by atoms with Crippen molar-refractivity contribution in [2.45, 2.75) is 19.4 Å². The number of benzene rings is 1. The van der Waals surface area contributed by atoms with Crippen molar-refractivity contribution in [1.29, 1.82) is 0 Å². The molecule has 1 aromatic rings. The fraction of sp³-hybridized carbons (Fsp3) is 0.467. The molecule has 0 radical (unpaired) electrons. The Kier molecular flexibility index (Phi) is 8.93. The first kappa shape index (κ1) is 21.1. The lowest BCUT2D eigenvalue weighted by atomic mass is 9.96. The Balaban J connectivity index is 0.00000220. The summed E-state index contributed by atoms with van der Waals surface area (Å²) in [6.07, 6.45) is 0.610. The summed E-state index contributed by atoms with van der Waals surface area (Å²) >= 11 is 0. The number of piperazine rings is 1. The quantitative estimate of drug-likeness (QED) is 0.813. The van der Waals surface area contributed by atoms with E-state index in [1.807, 2.05) is 6.92 Å². The first-order valence-electron chi connectivity index (χ1n) is 6.76. The molecular weight excluding hydrogens is 333 g/mol. The largest absolute Gasteiger partial charge is 0.505 e. The molecule has 7 heteroatoms. The second-order valence-electron chi connectivity index (χ2n) is 5.26. The molecule has 22 heavy (non-hydrogen) atoms. The van der Waals surface area contributed by atoms with Crippen LogP contribution < -0.4 is 5.32 Å². The molecule has 1 atom stereocenters. The molecule has 1 aliphatic rings. The average Bonchev–Trinajstić information content (AvgIpc) is 2.44. The van der Waals surface area contributed by atoms with Crippen LogP contribution in [0.3, 0.4) is 0 Å². The Bertz CT molecular complexity index is 509. The van der Waals surface area contributed by atoms with Gasteiger partial charge in [0.2, 0.25) is 5.82 Å². The van der Waals surface area contributed by atoms with Gasteiger partial charge in [0, 0.05) is 37.8 Å². The van der Waals surface area contributed by atoms with Crippen LogP contribution >= 0.6 is 24.8 Å². The highest BCUT2D eigenvalue weighted by molar-refractivity contribution is 5.85.